The van der Waals surface area contributed by atoms with Gasteiger partial charge in [-0.15, -0.1) is 0 Å². The van der Waals surface area contributed by atoms with Crippen LogP contribution in [0, 0.1) is 5.92 Å². The number of benzene rings is 1. The van der Waals surface area contributed by atoms with Crippen LogP contribution in [0.15, 0.2) is 24.3 Å². The van der Waals surface area contributed by atoms with E-state index in [-0.39, 0.29) is 18.5 Å². The highest BCUT2D eigenvalue weighted by Crippen LogP contribution is 2.36. The fourth-order valence-electron chi connectivity index (χ4n) is 2.86. The van der Waals surface area contributed by atoms with E-state index in [0.717, 1.165) is 37.5 Å². The lowest BCUT2D eigenvalue weighted by Crippen LogP contribution is -2.40. The predicted octanol–water partition coefficient (Wildman–Crippen LogP) is 2.24. The maximum atomic E-state index is 12.0. The van der Waals surface area contributed by atoms with E-state index < -0.39 is 10.0 Å². The number of carbonyl (C=O) groups is 1. The monoisotopic (exact) mass is 344 g/mol. The molecule has 1 atom stereocenters. The molecule has 5 nitrogen and oxygen atoms in total. The molecule has 0 spiro atoms. The van der Waals surface area contributed by atoms with E-state index in [1.165, 1.54) is 0 Å². The summed E-state index contributed by atoms with van der Waals surface area (Å²) in [7, 11) is -3.37. The van der Waals surface area contributed by atoms with E-state index in [9.17, 15) is 13.2 Å². The molecule has 0 heterocycles. The molecule has 1 aromatic carbocycles. The van der Waals surface area contributed by atoms with Gasteiger partial charge in [-0.1, -0.05) is 36.6 Å². The van der Waals surface area contributed by atoms with Crippen molar-refractivity contribution >= 4 is 27.5 Å². The fraction of sp³-hybridized carbons (Fsp3) is 0.533. The molecule has 1 aromatic rings. The van der Waals surface area contributed by atoms with Gasteiger partial charge in [-0.2, -0.15) is 0 Å². The molecule has 1 amide bonds. The van der Waals surface area contributed by atoms with E-state index in [1.807, 2.05) is 12.1 Å². The molecule has 1 aliphatic carbocycles. The Bertz CT molecular complexity index is 610. The number of hydrogen-bond acceptors (Lipinski definition) is 3. The van der Waals surface area contributed by atoms with Gasteiger partial charge < -0.3 is 5.32 Å². The summed E-state index contributed by atoms with van der Waals surface area (Å²) < 4.78 is 24.4. The minimum absolute atomic E-state index is 0.103. The van der Waals surface area contributed by atoms with Gasteiger partial charge in [-0.25, -0.2) is 13.1 Å². The quantitative estimate of drug-likeness (QED) is 0.831. The van der Waals surface area contributed by atoms with Gasteiger partial charge in [-0.3, -0.25) is 4.79 Å². The number of carbonyl (C=O) groups excluding carboxylic acids is 1. The van der Waals surface area contributed by atoms with Gasteiger partial charge in [0.2, 0.25) is 15.9 Å². The van der Waals surface area contributed by atoms with Gasteiger partial charge in [0.1, 0.15) is 0 Å². The summed E-state index contributed by atoms with van der Waals surface area (Å²) >= 11 is 5.92. The second-order valence-electron chi connectivity index (χ2n) is 5.73. The molecule has 22 heavy (non-hydrogen) atoms. The van der Waals surface area contributed by atoms with Crippen LogP contribution in [-0.2, 0) is 14.8 Å². The normalized spacial score (nSPS) is 17.4. The molecule has 0 saturated heterocycles. The Morgan fingerprint density at radius 3 is 2.41 bits per heavy atom. The Labute approximate surface area is 136 Å². The molecule has 7 heteroatoms. The minimum atomic E-state index is -3.37. The zero-order valence-corrected chi connectivity index (χ0v) is 14.1. The summed E-state index contributed by atoms with van der Waals surface area (Å²) in [6, 6.07) is 7.33. The molecule has 0 aliphatic heterocycles. The Kier molecular flexibility index (Phi) is 5.83. The first-order valence-corrected chi connectivity index (χ1v) is 9.61. The summed E-state index contributed by atoms with van der Waals surface area (Å²) in [5.41, 5.74) is 1.00. The van der Waals surface area contributed by atoms with E-state index in [2.05, 4.69) is 10.0 Å². The average molecular weight is 345 g/mol. The maximum Gasteiger partial charge on any atom is 0.235 e. The second-order valence-corrected chi connectivity index (χ2v) is 8.00. The topological polar surface area (TPSA) is 75.3 Å². The van der Waals surface area contributed by atoms with Crippen molar-refractivity contribution in [2.45, 2.75) is 31.7 Å². The zero-order valence-electron chi connectivity index (χ0n) is 12.5. The maximum absolute atomic E-state index is 12.0. The van der Waals surface area contributed by atoms with Crippen molar-refractivity contribution in [3.63, 3.8) is 0 Å². The zero-order chi connectivity index (χ0) is 16.2. The van der Waals surface area contributed by atoms with Gasteiger partial charge in [0.05, 0.1) is 18.8 Å². The first-order valence-electron chi connectivity index (χ1n) is 7.34. The predicted molar refractivity (Wildman–Crippen MR) is 87.1 cm³/mol. The first kappa shape index (κ1) is 17.2. The Morgan fingerprint density at radius 2 is 1.86 bits per heavy atom. The highest BCUT2D eigenvalue weighted by molar-refractivity contribution is 7.88. The van der Waals surface area contributed by atoms with Crippen molar-refractivity contribution in [3.05, 3.63) is 34.9 Å². The van der Waals surface area contributed by atoms with E-state index >= 15 is 0 Å². The van der Waals surface area contributed by atoms with Crippen LogP contribution in [0.25, 0.3) is 0 Å². The number of nitrogens with one attached hydrogen (secondary N) is 2. The summed E-state index contributed by atoms with van der Waals surface area (Å²) in [4.78, 5) is 12.0. The molecule has 1 fully saturated rings. The molecule has 1 aliphatic rings. The third-order valence-corrected chi connectivity index (χ3v) is 4.83. The minimum Gasteiger partial charge on any atom is -0.348 e. The number of halogens is 1. The highest BCUT2D eigenvalue weighted by Gasteiger charge is 2.27. The van der Waals surface area contributed by atoms with Crippen LogP contribution >= 0.6 is 11.6 Å². The SMILES string of the molecule is CS(=O)(=O)NCC(=O)N[C@@H](c1ccc(Cl)cc1)C1CCCC1. The summed E-state index contributed by atoms with van der Waals surface area (Å²) in [5.74, 6) is 0.0561. The van der Waals surface area contributed by atoms with Crippen LogP contribution in [-0.4, -0.2) is 27.1 Å². The second kappa shape index (κ2) is 7.44. The fourth-order valence-corrected chi connectivity index (χ4v) is 3.37. The van der Waals surface area contributed by atoms with Crippen LogP contribution in [0.2, 0.25) is 5.02 Å². The van der Waals surface area contributed by atoms with Crippen LogP contribution in [0.5, 0.6) is 0 Å². The highest BCUT2D eigenvalue weighted by atomic mass is 35.5. The Morgan fingerprint density at radius 1 is 1.27 bits per heavy atom. The molecule has 0 aromatic heterocycles. The van der Waals surface area contributed by atoms with Crippen molar-refractivity contribution in [1.29, 1.82) is 0 Å². The van der Waals surface area contributed by atoms with Crippen LogP contribution in [0.1, 0.15) is 37.3 Å². The van der Waals surface area contributed by atoms with Crippen molar-refractivity contribution in [2.75, 3.05) is 12.8 Å². The van der Waals surface area contributed by atoms with Crippen LogP contribution in [0.3, 0.4) is 0 Å². The number of amides is 1. The first-order chi connectivity index (χ1) is 10.3. The molecule has 0 radical (unpaired) electrons. The lowest BCUT2D eigenvalue weighted by atomic mass is 9.91. The molecule has 2 N–H and O–H groups in total. The summed E-state index contributed by atoms with van der Waals surface area (Å²) in [5, 5.41) is 3.61. The number of sulfonamides is 1. The van der Waals surface area contributed by atoms with Gasteiger partial charge in [0.15, 0.2) is 0 Å². The third-order valence-electron chi connectivity index (χ3n) is 3.91. The average Bonchev–Trinajstić information content (AvgIpc) is 2.97. The third kappa shape index (κ3) is 5.26. The van der Waals surface area contributed by atoms with Gasteiger partial charge in [0.25, 0.3) is 0 Å². The van der Waals surface area contributed by atoms with Crippen molar-refractivity contribution in [2.24, 2.45) is 5.92 Å². The van der Waals surface area contributed by atoms with Gasteiger partial charge >= 0.3 is 0 Å². The lowest BCUT2D eigenvalue weighted by molar-refractivity contribution is -0.121. The summed E-state index contributed by atoms with van der Waals surface area (Å²) in [6.45, 7) is -0.240. The molecule has 0 unspecified atom stereocenters. The molecule has 122 valence electrons. The Balaban J connectivity index is 2.07. The standard InChI is InChI=1S/C15H21ClN2O3S/c1-22(20,21)17-10-14(19)18-15(11-4-2-3-5-11)12-6-8-13(16)9-7-12/h6-9,11,15,17H,2-5,10H2,1H3,(H,18,19)/t15-/m1/s1. The van der Waals surface area contributed by atoms with Gasteiger partial charge in [0, 0.05) is 5.02 Å². The molecular weight excluding hydrogens is 324 g/mol. The molecule has 1 saturated carbocycles. The van der Waals surface area contributed by atoms with E-state index in [4.69, 9.17) is 11.6 Å². The van der Waals surface area contributed by atoms with Gasteiger partial charge in [-0.05, 0) is 36.5 Å². The summed E-state index contributed by atoms with van der Waals surface area (Å²) in [6.07, 6.45) is 5.48. The van der Waals surface area contributed by atoms with Crippen molar-refractivity contribution in [1.82, 2.24) is 10.0 Å². The number of rotatable bonds is 6. The van der Waals surface area contributed by atoms with Crippen molar-refractivity contribution < 1.29 is 13.2 Å². The smallest absolute Gasteiger partial charge is 0.235 e. The molecule has 0 bridgehead atoms. The van der Waals surface area contributed by atoms with Crippen LogP contribution < -0.4 is 10.0 Å². The molecular formula is C15H21ClN2O3S. The van der Waals surface area contributed by atoms with Crippen molar-refractivity contribution in [3.8, 4) is 0 Å². The Hall–Kier alpha value is -1.11. The lowest BCUT2D eigenvalue weighted by Gasteiger charge is -2.25. The molecule has 2 rings (SSSR count). The largest absolute Gasteiger partial charge is 0.348 e. The number of hydrogen-bond donors (Lipinski definition) is 2. The van der Waals surface area contributed by atoms with E-state index in [0.29, 0.717) is 10.9 Å². The van der Waals surface area contributed by atoms with Crippen LogP contribution in [0.4, 0.5) is 0 Å². The van der Waals surface area contributed by atoms with E-state index in [1.54, 1.807) is 12.1 Å².